The van der Waals surface area contributed by atoms with Crippen molar-refractivity contribution in [1.29, 1.82) is 0 Å². The zero-order valence-corrected chi connectivity index (χ0v) is 19.1. The number of thiophene rings is 1. The standard InChI is InChI=1S/C21H16ClN5O3S2/c1-30-15-6-2-4-13(10-15)12-23-19-18-17(8-9-31-18)27-20(24-19)21(25-26-27)32(28,29)16-7-3-5-14(22)11-16/h2-11H,12H2,1H3,(H,23,24). The second-order valence-electron chi connectivity index (χ2n) is 6.89. The van der Waals surface area contributed by atoms with Crippen LogP contribution in [0.15, 0.2) is 69.9 Å². The molecule has 0 aliphatic carbocycles. The van der Waals surface area contributed by atoms with Crippen LogP contribution < -0.4 is 10.1 Å². The lowest BCUT2D eigenvalue weighted by molar-refractivity contribution is 0.414. The van der Waals surface area contributed by atoms with Crippen molar-refractivity contribution in [2.75, 3.05) is 12.4 Å². The highest BCUT2D eigenvalue weighted by atomic mass is 35.5. The van der Waals surface area contributed by atoms with Gasteiger partial charge in [0.25, 0.3) is 0 Å². The fourth-order valence-corrected chi connectivity index (χ4v) is 5.70. The molecule has 0 saturated carbocycles. The van der Waals surface area contributed by atoms with E-state index in [1.807, 2.05) is 35.7 Å². The second kappa shape index (κ2) is 8.05. The molecule has 5 rings (SSSR count). The number of halogens is 1. The van der Waals surface area contributed by atoms with Crippen LogP contribution in [0.2, 0.25) is 5.02 Å². The van der Waals surface area contributed by atoms with Gasteiger partial charge in [-0.1, -0.05) is 35.0 Å². The van der Waals surface area contributed by atoms with Gasteiger partial charge >= 0.3 is 0 Å². The molecular formula is C21H16ClN5O3S2. The van der Waals surface area contributed by atoms with E-state index in [1.54, 1.807) is 19.2 Å². The number of benzene rings is 2. The SMILES string of the molecule is COc1cccc(CNc2nc3c(S(=O)(=O)c4cccc(Cl)c4)nnn3c3ccsc23)c1. The molecule has 0 bridgehead atoms. The van der Waals surface area contributed by atoms with Gasteiger partial charge in [-0.25, -0.2) is 13.4 Å². The van der Waals surface area contributed by atoms with E-state index in [-0.39, 0.29) is 15.6 Å². The molecule has 2 aromatic carbocycles. The van der Waals surface area contributed by atoms with Crippen LogP contribution in [0.3, 0.4) is 0 Å². The van der Waals surface area contributed by atoms with Gasteiger partial charge < -0.3 is 10.1 Å². The van der Waals surface area contributed by atoms with E-state index >= 15 is 0 Å². The molecule has 11 heteroatoms. The lowest BCUT2D eigenvalue weighted by Gasteiger charge is -2.09. The molecule has 0 saturated heterocycles. The Bertz CT molecular complexity index is 1560. The molecule has 0 atom stereocenters. The maximum Gasteiger partial charge on any atom is 0.229 e. The van der Waals surface area contributed by atoms with Crippen molar-refractivity contribution in [3.05, 3.63) is 70.6 Å². The quantitative estimate of drug-likeness (QED) is 0.379. The molecule has 1 N–H and O–H groups in total. The fourth-order valence-electron chi connectivity index (χ4n) is 3.33. The van der Waals surface area contributed by atoms with E-state index in [1.165, 1.54) is 28.0 Å². The van der Waals surface area contributed by atoms with Crippen molar-refractivity contribution in [3.8, 4) is 5.75 Å². The first-order valence-electron chi connectivity index (χ1n) is 9.47. The van der Waals surface area contributed by atoms with Crippen molar-refractivity contribution in [3.63, 3.8) is 0 Å². The van der Waals surface area contributed by atoms with Gasteiger partial charge in [0.15, 0.2) is 5.65 Å². The molecule has 162 valence electrons. The number of hydrogen-bond acceptors (Lipinski definition) is 8. The minimum Gasteiger partial charge on any atom is -0.497 e. The average molecular weight is 486 g/mol. The summed E-state index contributed by atoms with van der Waals surface area (Å²) in [6.07, 6.45) is 0. The van der Waals surface area contributed by atoms with Crippen molar-refractivity contribution < 1.29 is 13.2 Å². The second-order valence-corrected chi connectivity index (χ2v) is 10.1. The van der Waals surface area contributed by atoms with Crippen LogP contribution in [-0.4, -0.2) is 35.3 Å². The number of fused-ring (bicyclic) bond motifs is 3. The van der Waals surface area contributed by atoms with Crippen LogP contribution >= 0.6 is 22.9 Å². The number of anilines is 1. The van der Waals surface area contributed by atoms with Crippen LogP contribution in [0.5, 0.6) is 5.75 Å². The molecule has 0 spiro atoms. The normalized spacial score (nSPS) is 11.8. The van der Waals surface area contributed by atoms with E-state index < -0.39 is 9.84 Å². The van der Waals surface area contributed by atoms with Crippen molar-refractivity contribution >= 4 is 54.5 Å². The highest BCUT2D eigenvalue weighted by molar-refractivity contribution is 7.91. The van der Waals surface area contributed by atoms with Crippen LogP contribution in [-0.2, 0) is 16.4 Å². The van der Waals surface area contributed by atoms with Gasteiger partial charge in [-0.3, -0.25) is 0 Å². The van der Waals surface area contributed by atoms with Gasteiger partial charge in [0.05, 0.1) is 22.2 Å². The van der Waals surface area contributed by atoms with Crippen LogP contribution in [0.4, 0.5) is 5.82 Å². The number of nitrogens with one attached hydrogen (secondary N) is 1. The lowest BCUT2D eigenvalue weighted by atomic mass is 10.2. The maximum absolute atomic E-state index is 13.3. The summed E-state index contributed by atoms with van der Waals surface area (Å²) in [4.78, 5) is 4.63. The Kier molecular flexibility index (Phi) is 5.20. The number of sulfone groups is 1. The average Bonchev–Trinajstić information content (AvgIpc) is 3.45. The Morgan fingerprint density at radius 3 is 2.81 bits per heavy atom. The smallest absolute Gasteiger partial charge is 0.229 e. The maximum atomic E-state index is 13.3. The first-order valence-corrected chi connectivity index (χ1v) is 12.2. The Morgan fingerprint density at radius 2 is 2.00 bits per heavy atom. The Labute approximate surface area is 192 Å². The first-order chi connectivity index (χ1) is 15.5. The van der Waals surface area contributed by atoms with Gasteiger partial charge in [0.2, 0.25) is 14.9 Å². The number of ether oxygens (including phenoxy) is 1. The molecular weight excluding hydrogens is 470 g/mol. The minimum atomic E-state index is -3.97. The Morgan fingerprint density at radius 1 is 1.16 bits per heavy atom. The van der Waals surface area contributed by atoms with E-state index in [4.69, 9.17) is 16.3 Å². The summed E-state index contributed by atoms with van der Waals surface area (Å²) in [6.45, 7) is 0.477. The monoisotopic (exact) mass is 485 g/mol. The van der Waals surface area contributed by atoms with Gasteiger partial charge in [-0.2, -0.15) is 4.52 Å². The van der Waals surface area contributed by atoms with E-state index in [0.29, 0.717) is 22.9 Å². The third-order valence-electron chi connectivity index (χ3n) is 4.88. The van der Waals surface area contributed by atoms with Gasteiger partial charge in [0.1, 0.15) is 11.6 Å². The molecule has 0 aliphatic rings. The summed E-state index contributed by atoms with van der Waals surface area (Å²) in [5.41, 5.74) is 1.85. The predicted molar refractivity (Wildman–Crippen MR) is 123 cm³/mol. The molecule has 0 radical (unpaired) electrons. The summed E-state index contributed by atoms with van der Waals surface area (Å²) in [5.74, 6) is 1.30. The largest absolute Gasteiger partial charge is 0.497 e. The zero-order chi connectivity index (χ0) is 22.3. The molecule has 3 heterocycles. The molecule has 5 aromatic rings. The molecule has 0 unspecified atom stereocenters. The van der Waals surface area contributed by atoms with Crippen molar-refractivity contribution in [1.82, 2.24) is 19.8 Å². The number of aromatic nitrogens is 4. The summed E-state index contributed by atoms with van der Waals surface area (Å²) >= 11 is 7.48. The summed E-state index contributed by atoms with van der Waals surface area (Å²) in [5, 5.41) is 13.3. The topological polar surface area (TPSA) is 98.5 Å². The highest BCUT2D eigenvalue weighted by Gasteiger charge is 2.27. The molecule has 0 amide bonds. The van der Waals surface area contributed by atoms with Gasteiger partial charge in [0, 0.05) is 11.6 Å². The van der Waals surface area contributed by atoms with Gasteiger partial charge in [-0.15, -0.1) is 16.4 Å². The van der Waals surface area contributed by atoms with Gasteiger partial charge in [-0.05, 0) is 47.3 Å². The molecule has 0 fully saturated rings. The van der Waals surface area contributed by atoms with E-state index in [2.05, 4.69) is 20.6 Å². The number of methoxy groups -OCH3 is 1. The molecule has 32 heavy (non-hydrogen) atoms. The first kappa shape index (κ1) is 20.7. The van der Waals surface area contributed by atoms with Crippen molar-refractivity contribution in [2.45, 2.75) is 16.5 Å². The zero-order valence-electron chi connectivity index (χ0n) is 16.7. The molecule has 8 nitrogen and oxygen atoms in total. The predicted octanol–water partition coefficient (Wildman–Crippen LogP) is 4.45. The Balaban J connectivity index is 1.60. The van der Waals surface area contributed by atoms with E-state index in [9.17, 15) is 8.42 Å². The molecule has 3 aromatic heterocycles. The van der Waals surface area contributed by atoms with E-state index in [0.717, 1.165) is 16.0 Å². The third-order valence-corrected chi connectivity index (χ3v) is 7.67. The lowest BCUT2D eigenvalue weighted by Crippen LogP contribution is -2.06. The summed E-state index contributed by atoms with van der Waals surface area (Å²) < 4.78 is 34.1. The number of rotatable bonds is 6. The minimum absolute atomic E-state index is 0.0329. The summed E-state index contributed by atoms with van der Waals surface area (Å²) in [7, 11) is -2.35. The van der Waals surface area contributed by atoms with Crippen LogP contribution in [0, 0.1) is 0 Å². The number of hydrogen-bond donors (Lipinski definition) is 1. The third kappa shape index (κ3) is 3.56. The number of nitrogens with zero attached hydrogens (tertiary/aromatic N) is 4. The van der Waals surface area contributed by atoms with Crippen LogP contribution in [0.1, 0.15) is 5.56 Å². The highest BCUT2D eigenvalue weighted by Crippen LogP contribution is 2.32. The van der Waals surface area contributed by atoms with Crippen molar-refractivity contribution in [2.24, 2.45) is 0 Å². The van der Waals surface area contributed by atoms with Crippen LogP contribution in [0.25, 0.3) is 15.9 Å². The summed E-state index contributed by atoms with van der Waals surface area (Å²) in [6, 6.07) is 15.6. The Hall–Kier alpha value is -3.21. The fraction of sp³-hybridized carbons (Fsp3) is 0.0952. The molecule has 0 aliphatic heterocycles.